The number of carbonyl (C=O) groups is 1. The predicted molar refractivity (Wildman–Crippen MR) is 73.2 cm³/mol. The number of nitrogens with one attached hydrogen (secondary N) is 1. The van der Waals surface area contributed by atoms with Crippen molar-refractivity contribution in [1.82, 2.24) is 4.98 Å². The highest BCUT2D eigenvalue weighted by atomic mass is 32.1. The summed E-state index contributed by atoms with van der Waals surface area (Å²) < 4.78 is 5.07. The molecule has 0 fully saturated rings. The highest BCUT2D eigenvalue weighted by molar-refractivity contribution is 7.15. The minimum absolute atomic E-state index is 0.0695. The number of aliphatic hydroxyl groups excluding tert-OH is 1. The molecule has 0 spiro atoms. The normalized spacial score (nSPS) is 10.2. The Morgan fingerprint density at radius 1 is 1.37 bits per heavy atom. The Morgan fingerprint density at radius 3 is 2.89 bits per heavy atom. The van der Waals surface area contributed by atoms with Gasteiger partial charge in [-0.15, -0.1) is 11.3 Å². The number of carbonyl (C=O) groups excluding carboxylic acids is 1. The molecule has 2 N–H and O–H groups in total. The van der Waals surface area contributed by atoms with Crippen LogP contribution in [0.2, 0.25) is 0 Å². The molecule has 5 nitrogen and oxygen atoms in total. The van der Waals surface area contributed by atoms with E-state index in [1.54, 1.807) is 6.20 Å². The van der Waals surface area contributed by atoms with Crippen molar-refractivity contribution >= 4 is 22.6 Å². The molecule has 1 heterocycles. The molecule has 1 aromatic carbocycles. The third kappa shape index (κ3) is 4.35. The molecule has 0 radical (unpaired) electrons. The molecule has 0 aliphatic heterocycles. The predicted octanol–water partition coefficient (Wildman–Crippen LogP) is 2.43. The summed E-state index contributed by atoms with van der Waals surface area (Å²) in [6.45, 7) is 0.293. The number of benzene rings is 1. The van der Waals surface area contributed by atoms with Crippen molar-refractivity contribution in [3.8, 4) is 0 Å². The van der Waals surface area contributed by atoms with Crippen LogP contribution in [0.25, 0.3) is 0 Å². The monoisotopic (exact) mass is 278 g/mol. The number of hydrogen-bond donors (Lipinski definition) is 2. The van der Waals surface area contributed by atoms with Crippen LogP contribution >= 0.6 is 11.3 Å². The van der Waals surface area contributed by atoms with Crippen molar-refractivity contribution in [3.05, 3.63) is 47.0 Å². The minimum Gasteiger partial charge on any atom is -0.444 e. The Kier molecular flexibility index (Phi) is 4.88. The number of anilines is 1. The summed E-state index contributed by atoms with van der Waals surface area (Å²) in [5.74, 6) is 0. The maximum Gasteiger partial charge on any atom is 0.413 e. The smallest absolute Gasteiger partial charge is 0.413 e. The number of thiazole rings is 1. The van der Waals surface area contributed by atoms with Gasteiger partial charge in [-0.05, 0) is 5.56 Å². The molecule has 0 aliphatic rings. The Labute approximate surface area is 114 Å². The lowest BCUT2D eigenvalue weighted by Gasteiger charge is -2.04. The van der Waals surface area contributed by atoms with Crippen LogP contribution in [-0.2, 0) is 17.8 Å². The van der Waals surface area contributed by atoms with Gasteiger partial charge in [0.2, 0.25) is 0 Å². The number of nitrogens with zero attached hydrogens (tertiary/aromatic N) is 1. The molecule has 2 aromatic rings. The lowest BCUT2D eigenvalue weighted by atomic mass is 10.2. The van der Waals surface area contributed by atoms with Crippen LogP contribution in [0.1, 0.15) is 10.4 Å². The van der Waals surface area contributed by atoms with Crippen LogP contribution in [0, 0.1) is 0 Å². The van der Waals surface area contributed by atoms with Crippen LogP contribution in [0.3, 0.4) is 0 Å². The van der Waals surface area contributed by atoms with E-state index < -0.39 is 6.09 Å². The van der Waals surface area contributed by atoms with Crippen LogP contribution in [-0.4, -0.2) is 22.8 Å². The molecular weight excluding hydrogens is 264 g/mol. The van der Waals surface area contributed by atoms with Gasteiger partial charge in [-0.2, -0.15) is 0 Å². The zero-order valence-corrected chi connectivity index (χ0v) is 11.0. The highest BCUT2D eigenvalue weighted by Gasteiger charge is 2.07. The van der Waals surface area contributed by atoms with Gasteiger partial charge in [0.1, 0.15) is 6.61 Å². The molecular formula is C13H14N2O3S. The first kappa shape index (κ1) is 13.5. The third-order valence-electron chi connectivity index (χ3n) is 2.33. The third-order valence-corrected chi connectivity index (χ3v) is 3.31. The topological polar surface area (TPSA) is 71.5 Å². The number of aliphatic hydroxyl groups is 1. The maximum absolute atomic E-state index is 11.5. The lowest BCUT2D eigenvalue weighted by molar-refractivity contribution is 0.155. The zero-order chi connectivity index (χ0) is 13.5. The number of aromatic nitrogens is 1. The molecule has 19 heavy (non-hydrogen) atoms. The number of hydrogen-bond acceptors (Lipinski definition) is 5. The Hall–Kier alpha value is -1.92. The first-order chi connectivity index (χ1) is 9.28. The lowest BCUT2D eigenvalue weighted by Crippen LogP contribution is -2.13. The SMILES string of the molecule is O=C(Nc1ncc(CCO)s1)OCc1ccccc1. The number of amides is 1. The van der Waals surface area contributed by atoms with E-state index in [1.807, 2.05) is 30.3 Å². The quantitative estimate of drug-likeness (QED) is 0.881. The molecule has 0 saturated heterocycles. The zero-order valence-electron chi connectivity index (χ0n) is 10.2. The van der Waals surface area contributed by atoms with Gasteiger partial charge in [0.05, 0.1) is 0 Å². The molecule has 0 bridgehead atoms. The van der Waals surface area contributed by atoms with Crippen LogP contribution in [0.4, 0.5) is 9.93 Å². The molecule has 100 valence electrons. The van der Waals surface area contributed by atoms with Crippen molar-refractivity contribution in [2.45, 2.75) is 13.0 Å². The number of ether oxygens (including phenoxy) is 1. The van der Waals surface area contributed by atoms with Gasteiger partial charge in [0.25, 0.3) is 0 Å². The second kappa shape index (κ2) is 6.86. The fourth-order valence-corrected chi connectivity index (χ4v) is 2.22. The van der Waals surface area contributed by atoms with Crippen LogP contribution in [0.15, 0.2) is 36.5 Å². The van der Waals surface area contributed by atoms with Gasteiger partial charge in [-0.1, -0.05) is 30.3 Å². The summed E-state index contributed by atoms with van der Waals surface area (Å²) >= 11 is 1.32. The summed E-state index contributed by atoms with van der Waals surface area (Å²) in [6.07, 6.45) is 1.64. The molecule has 2 rings (SSSR count). The average molecular weight is 278 g/mol. The molecule has 0 atom stereocenters. The summed E-state index contributed by atoms with van der Waals surface area (Å²) in [4.78, 5) is 16.5. The second-order valence-corrected chi connectivity index (χ2v) is 4.91. The fraction of sp³-hybridized carbons (Fsp3) is 0.231. The van der Waals surface area contributed by atoms with Gasteiger partial charge < -0.3 is 9.84 Å². The van der Waals surface area contributed by atoms with Gasteiger partial charge in [-0.25, -0.2) is 9.78 Å². The molecule has 1 amide bonds. The molecule has 0 saturated carbocycles. The van der Waals surface area contributed by atoms with Gasteiger partial charge in [-0.3, -0.25) is 5.32 Å². The Balaban J connectivity index is 1.80. The fourth-order valence-electron chi connectivity index (χ4n) is 1.44. The van der Waals surface area contributed by atoms with Crippen molar-refractivity contribution in [3.63, 3.8) is 0 Å². The van der Waals surface area contributed by atoms with E-state index in [2.05, 4.69) is 10.3 Å². The number of rotatable bonds is 5. The first-order valence-corrected chi connectivity index (χ1v) is 6.63. The maximum atomic E-state index is 11.5. The van der Waals surface area contributed by atoms with Gasteiger partial charge >= 0.3 is 6.09 Å². The second-order valence-electron chi connectivity index (χ2n) is 3.79. The molecule has 0 unspecified atom stereocenters. The Morgan fingerprint density at radius 2 is 2.16 bits per heavy atom. The van der Waals surface area contributed by atoms with Crippen molar-refractivity contribution in [2.24, 2.45) is 0 Å². The van der Waals surface area contributed by atoms with Crippen molar-refractivity contribution in [2.75, 3.05) is 11.9 Å². The summed E-state index contributed by atoms with van der Waals surface area (Å²) in [5.41, 5.74) is 0.928. The molecule has 1 aromatic heterocycles. The average Bonchev–Trinajstić information content (AvgIpc) is 2.85. The van der Waals surface area contributed by atoms with Crippen LogP contribution < -0.4 is 5.32 Å². The van der Waals surface area contributed by atoms with E-state index in [0.717, 1.165) is 10.4 Å². The van der Waals surface area contributed by atoms with E-state index in [4.69, 9.17) is 9.84 Å². The van der Waals surface area contributed by atoms with E-state index in [9.17, 15) is 4.79 Å². The molecule has 0 aliphatic carbocycles. The van der Waals surface area contributed by atoms with E-state index in [0.29, 0.717) is 11.6 Å². The summed E-state index contributed by atoms with van der Waals surface area (Å²) in [6, 6.07) is 9.45. The largest absolute Gasteiger partial charge is 0.444 e. The Bertz CT molecular complexity index is 528. The summed E-state index contributed by atoms with van der Waals surface area (Å²) in [5, 5.41) is 11.8. The van der Waals surface area contributed by atoms with E-state index in [1.165, 1.54) is 11.3 Å². The summed E-state index contributed by atoms with van der Waals surface area (Å²) in [7, 11) is 0. The van der Waals surface area contributed by atoms with Crippen molar-refractivity contribution in [1.29, 1.82) is 0 Å². The standard InChI is InChI=1S/C13H14N2O3S/c16-7-6-11-8-14-12(19-11)15-13(17)18-9-10-4-2-1-3-5-10/h1-5,8,16H,6-7,9H2,(H,14,15,17). The first-order valence-electron chi connectivity index (χ1n) is 5.81. The van der Waals surface area contributed by atoms with Gasteiger partial charge in [0, 0.05) is 24.1 Å². The highest BCUT2D eigenvalue weighted by Crippen LogP contribution is 2.18. The van der Waals surface area contributed by atoms with Crippen molar-refractivity contribution < 1.29 is 14.6 Å². The van der Waals surface area contributed by atoms with Gasteiger partial charge in [0.15, 0.2) is 5.13 Å². The van der Waals surface area contributed by atoms with E-state index in [-0.39, 0.29) is 13.2 Å². The van der Waals surface area contributed by atoms with Crippen LogP contribution in [0.5, 0.6) is 0 Å². The van der Waals surface area contributed by atoms with E-state index >= 15 is 0 Å². The molecule has 6 heteroatoms. The minimum atomic E-state index is -0.534.